The van der Waals surface area contributed by atoms with Crippen molar-refractivity contribution < 1.29 is 9.47 Å². The zero-order chi connectivity index (χ0) is 11.4. The van der Waals surface area contributed by atoms with Crippen molar-refractivity contribution in [2.75, 3.05) is 27.3 Å². The van der Waals surface area contributed by atoms with Gasteiger partial charge in [-0.15, -0.1) is 0 Å². The van der Waals surface area contributed by atoms with E-state index in [4.69, 9.17) is 9.47 Å². The monoisotopic (exact) mass is 220 g/mol. The van der Waals surface area contributed by atoms with E-state index < -0.39 is 0 Å². The van der Waals surface area contributed by atoms with Crippen molar-refractivity contribution in [1.82, 2.24) is 5.32 Å². The maximum atomic E-state index is 5.45. The van der Waals surface area contributed by atoms with Crippen LogP contribution in [0.15, 0.2) is 18.2 Å². The van der Waals surface area contributed by atoms with E-state index in [0.29, 0.717) is 5.92 Å². The van der Waals surface area contributed by atoms with Gasteiger partial charge in [0.15, 0.2) is 11.5 Å². The molecule has 3 heteroatoms. The number of hydrogen-bond donors (Lipinski definition) is 1. The smallest absolute Gasteiger partial charge is 0.164 e. The largest absolute Gasteiger partial charge is 0.493 e. The SMILES string of the molecule is COc1cccc(C2[CH]CCNC2)c1OC. The summed E-state index contributed by atoms with van der Waals surface area (Å²) in [5.74, 6) is 2.08. The number of nitrogens with one attached hydrogen (secondary N) is 1. The Hall–Kier alpha value is -1.22. The summed E-state index contributed by atoms with van der Waals surface area (Å²) in [4.78, 5) is 0. The zero-order valence-corrected chi connectivity index (χ0v) is 9.82. The van der Waals surface area contributed by atoms with E-state index in [-0.39, 0.29) is 0 Å². The highest BCUT2D eigenvalue weighted by atomic mass is 16.5. The highest BCUT2D eigenvalue weighted by Gasteiger charge is 2.20. The molecule has 0 bridgehead atoms. The van der Waals surface area contributed by atoms with E-state index in [9.17, 15) is 0 Å². The van der Waals surface area contributed by atoms with Crippen LogP contribution >= 0.6 is 0 Å². The first-order chi connectivity index (χ1) is 7.86. The van der Waals surface area contributed by atoms with Gasteiger partial charge in [-0.05, 0) is 25.5 Å². The van der Waals surface area contributed by atoms with Crippen molar-refractivity contribution >= 4 is 0 Å². The minimum absolute atomic E-state index is 0.416. The van der Waals surface area contributed by atoms with Crippen molar-refractivity contribution in [2.45, 2.75) is 12.3 Å². The lowest BCUT2D eigenvalue weighted by atomic mass is 9.91. The van der Waals surface area contributed by atoms with Gasteiger partial charge in [0.1, 0.15) is 0 Å². The fourth-order valence-corrected chi connectivity index (χ4v) is 2.17. The summed E-state index contributed by atoms with van der Waals surface area (Å²) in [6, 6.07) is 6.05. The molecule has 1 fully saturated rings. The molecule has 1 aliphatic rings. The molecular formula is C13H18NO2. The second kappa shape index (κ2) is 5.21. The third-order valence-corrected chi connectivity index (χ3v) is 2.97. The van der Waals surface area contributed by atoms with Gasteiger partial charge in [0.2, 0.25) is 0 Å². The highest BCUT2D eigenvalue weighted by molar-refractivity contribution is 5.49. The Morgan fingerprint density at radius 2 is 2.12 bits per heavy atom. The molecule has 1 atom stereocenters. The molecule has 87 valence electrons. The summed E-state index contributed by atoms with van der Waals surface area (Å²) < 4.78 is 10.8. The van der Waals surface area contributed by atoms with Gasteiger partial charge in [-0.2, -0.15) is 0 Å². The standard InChI is InChI=1S/C13H18NO2/c1-15-12-7-3-6-11(13(12)16-2)10-5-4-8-14-9-10/h3,5-7,10,14H,4,8-9H2,1-2H3. The molecule has 1 radical (unpaired) electrons. The third kappa shape index (κ3) is 2.14. The molecule has 0 saturated carbocycles. The molecule has 0 spiro atoms. The summed E-state index contributed by atoms with van der Waals surface area (Å²) in [7, 11) is 3.36. The van der Waals surface area contributed by atoms with E-state index in [1.165, 1.54) is 5.56 Å². The van der Waals surface area contributed by atoms with Crippen LogP contribution in [0.25, 0.3) is 0 Å². The lowest BCUT2D eigenvalue weighted by molar-refractivity contribution is 0.348. The Morgan fingerprint density at radius 1 is 1.25 bits per heavy atom. The van der Waals surface area contributed by atoms with Gasteiger partial charge in [0.05, 0.1) is 14.2 Å². The molecule has 1 aromatic rings. The normalized spacial score (nSPS) is 20.5. The van der Waals surface area contributed by atoms with Crippen LogP contribution in [0, 0.1) is 6.42 Å². The van der Waals surface area contributed by atoms with Gasteiger partial charge in [0, 0.05) is 18.0 Å². The van der Waals surface area contributed by atoms with E-state index in [1.54, 1.807) is 14.2 Å². The van der Waals surface area contributed by atoms with Gasteiger partial charge >= 0.3 is 0 Å². The second-order valence-corrected chi connectivity index (χ2v) is 3.92. The van der Waals surface area contributed by atoms with E-state index >= 15 is 0 Å². The van der Waals surface area contributed by atoms with Crippen molar-refractivity contribution in [3.8, 4) is 11.5 Å². The Labute approximate surface area is 96.8 Å². The quantitative estimate of drug-likeness (QED) is 0.845. The molecule has 0 aliphatic carbocycles. The third-order valence-electron chi connectivity index (χ3n) is 2.97. The van der Waals surface area contributed by atoms with E-state index in [1.807, 2.05) is 12.1 Å². The molecule has 1 heterocycles. The molecule has 2 rings (SSSR count). The Balaban J connectivity index is 2.30. The molecule has 1 N–H and O–H groups in total. The van der Waals surface area contributed by atoms with Gasteiger partial charge in [-0.3, -0.25) is 0 Å². The molecule has 16 heavy (non-hydrogen) atoms. The predicted molar refractivity (Wildman–Crippen MR) is 64.1 cm³/mol. The summed E-state index contributed by atoms with van der Waals surface area (Å²) in [5.41, 5.74) is 1.20. The minimum atomic E-state index is 0.416. The minimum Gasteiger partial charge on any atom is -0.493 e. The van der Waals surface area contributed by atoms with Crippen LogP contribution < -0.4 is 14.8 Å². The highest BCUT2D eigenvalue weighted by Crippen LogP contribution is 2.37. The Kier molecular flexibility index (Phi) is 3.67. The molecule has 0 aromatic heterocycles. The molecule has 0 amide bonds. The first-order valence-electron chi connectivity index (χ1n) is 5.61. The van der Waals surface area contributed by atoms with Crippen molar-refractivity contribution in [3.05, 3.63) is 30.2 Å². The van der Waals surface area contributed by atoms with E-state index in [0.717, 1.165) is 31.0 Å². The van der Waals surface area contributed by atoms with Gasteiger partial charge in [-0.1, -0.05) is 12.1 Å². The number of hydrogen-bond acceptors (Lipinski definition) is 3. The second-order valence-electron chi connectivity index (χ2n) is 3.92. The Morgan fingerprint density at radius 3 is 2.75 bits per heavy atom. The van der Waals surface area contributed by atoms with Crippen LogP contribution in [0.4, 0.5) is 0 Å². The lowest BCUT2D eigenvalue weighted by Crippen LogP contribution is -2.29. The van der Waals surface area contributed by atoms with Crippen LogP contribution in [0.5, 0.6) is 11.5 Å². The number of methoxy groups -OCH3 is 2. The maximum Gasteiger partial charge on any atom is 0.164 e. The number of benzene rings is 1. The molecular weight excluding hydrogens is 202 g/mol. The number of ether oxygens (including phenoxy) is 2. The van der Waals surface area contributed by atoms with Crippen LogP contribution in [0.3, 0.4) is 0 Å². The summed E-state index contributed by atoms with van der Waals surface area (Å²) in [5, 5.41) is 3.39. The average Bonchev–Trinajstić information content (AvgIpc) is 2.38. The summed E-state index contributed by atoms with van der Waals surface area (Å²) >= 11 is 0. The summed E-state index contributed by atoms with van der Waals surface area (Å²) in [6.07, 6.45) is 3.44. The fourth-order valence-electron chi connectivity index (χ4n) is 2.17. The summed E-state index contributed by atoms with van der Waals surface area (Å²) in [6.45, 7) is 2.05. The van der Waals surface area contributed by atoms with Crippen LogP contribution in [0.1, 0.15) is 17.9 Å². The van der Waals surface area contributed by atoms with Crippen LogP contribution in [-0.4, -0.2) is 27.3 Å². The van der Waals surface area contributed by atoms with Crippen molar-refractivity contribution in [2.24, 2.45) is 0 Å². The van der Waals surface area contributed by atoms with Crippen LogP contribution in [-0.2, 0) is 0 Å². The van der Waals surface area contributed by atoms with E-state index in [2.05, 4.69) is 17.8 Å². The van der Waals surface area contributed by atoms with Crippen molar-refractivity contribution in [1.29, 1.82) is 0 Å². The molecule has 1 unspecified atom stereocenters. The number of rotatable bonds is 3. The van der Waals surface area contributed by atoms with Gasteiger partial charge in [-0.25, -0.2) is 0 Å². The number of para-hydroxylation sites is 1. The van der Waals surface area contributed by atoms with Gasteiger partial charge < -0.3 is 14.8 Å². The first kappa shape index (κ1) is 11.3. The molecule has 1 saturated heterocycles. The first-order valence-corrected chi connectivity index (χ1v) is 5.61. The Bertz CT molecular complexity index is 346. The van der Waals surface area contributed by atoms with Gasteiger partial charge in [0.25, 0.3) is 0 Å². The topological polar surface area (TPSA) is 30.5 Å². The predicted octanol–water partition coefficient (Wildman–Crippen LogP) is 1.98. The van der Waals surface area contributed by atoms with Crippen molar-refractivity contribution in [3.63, 3.8) is 0 Å². The molecule has 1 aromatic carbocycles. The molecule has 1 aliphatic heterocycles. The molecule has 3 nitrogen and oxygen atoms in total. The average molecular weight is 220 g/mol. The van der Waals surface area contributed by atoms with Crippen LogP contribution in [0.2, 0.25) is 0 Å². The maximum absolute atomic E-state index is 5.45. The zero-order valence-electron chi connectivity index (χ0n) is 9.82. The number of piperidine rings is 1. The fraction of sp³-hybridized carbons (Fsp3) is 0.462. The lowest BCUT2D eigenvalue weighted by Gasteiger charge is -2.25.